The standard InChI is InChI=1S/C12H19N3OS/c1-9(2)14-11-4-3-5-15(12(11)16)6-10-7-17-8-13-10/h7-9,11,14H,3-6H2,1-2H3. The summed E-state index contributed by atoms with van der Waals surface area (Å²) >= 11 is 1.58. The molecule has 0 saturated carbocycles. The van der Waals surface area contributed by atoms with Gasteiger partial charge in [0.05, 0.1) is 23.8 Å². The van der Waals surface area contributed by atoms with Crippen molar-refractivity contribution in [1.82, 2.24) is 15.2 Å². The van der Waals surface area contributed by atoms with Crippen LogP contribution in [-0.4, -0.2) is 34.4 Å². The fourth-order valence-corrected chi connectivity index (χ4v) is 2.72. The summed E-state index contributed by atoms with van der Waals surface area (Å²) in [4.78, 5) is 18.4. The van der Waals surface area contributed by atoms with Gasteiger partial charge in [-0.05, 0) is 12.8 Å². The van der Waals surface area contributed by atoms with Gasteiger partial charge in [0, 0.05) is 18.0 Å². The third kappa shape index (κ3) is 3.26. The minimum atomic E-state index is -0.0117. The minimum absolute atomic E-state index is 0.0117. The average molecular weight is 253 g/mol. The topological polar surface area (TPSA) is 45.2 Å². The summed E-state index contributed by atoms with van der Waals surface area (Å²) < 4.78 is 0. The van der Waals surface area contributed by atoms with E-state index in [4.69, 9.17) is 0 Å². The Hall–Kier alpha value is -0.940. The summed E-state index contributed by atoms with van der Waals surface area (Å²) in [6.07, 6.45) is 2.02. The van der Waals surface area contributed by atoms with Crippen LogP contribution in [-0.2, 0) is 11.3 Å². The number of piperidine rings is 1. The summed E-state index contributed by atoms with van der Waals surface area (Å²) in [5.74, 6) is 0.220. The van der Waals surface area contributed by atoms with Gasteiger partial charge in [0.1, 0.15) is 0 Å². The highest BCUT2D eigenvalue weighted by atomic mass is 32.1. The van der Waals surface area contributed by atoms with Crippen LogP contribution in [0.25, 0.3) is 0 Å². The quantitative estimate of drug-likeness (QED) is 0.887. The normalized spacial score (nSPS) is 21.2. The van der Waals surface area contributed by atoms with Gasteiger partial charge in [-0.3, -0.25) is 4.79 Å². The number of carbonyl (C=O) groups is 1. The largest absolute Gasteiger partial charge is 0.335 e. The van der Waals surface area contributed by atoms with Gasteiger partial charge in [-0.15, -0.1) is 11.3 Å². The fraction of sp³-hybridized carbons (Fsp3) is 0.667. The Morgan fingerprint density at radius 2 is 2.47 bits per heavy atom. The summed E-state index contributed by atoms with van der Waals surface area (Å²) in [6.45, 7) is 5.66. The van der Waals surface area contributed by atoms with Crippen molar-refractivity contribution in [2.45, 2.75) is 45.3 Å². The fourth-order valence-electron chi connectivity index (χ4n) is 2.17. The lowest BCUT2D eigenvalue weighted by Gasteiger charge is -2.33. The number of rotatable bonds is 4. The van der Waals surface area contributed by atoms with Gasteiger partial charge >= 0.3 is 0 Å². The van der Waals surface area contributed by atoms with Crippen molar-refractivity contribution < 1.29 is 4.79 Å². The van der Waals surface area contributed by atoms with Crippen LogP contribution in [0.15, 0.2) is 10.9 Å². The highest BCUT2D eigenvalue weighted by Gasteiger charge is 2.28. The van der Waals surface area contributed by atoms with Gasteiger partial charge in [-0.1, -0.05) is 13.8 Å². The number of nitrogens with one attached hydrogen (secondary N) is 1. The molecule has 1 amide bonds. The molecule has 1 N–H and O–H groups in total. The predicted molar refractivity (Wildman–Crippen MR) is 68.8 cm³/mol. The number of likely N-dealkylation sites (tertiary alicyclic amines) is 1. The van der Waals surface area contributed by atoms with E-state index < -0.39 is 0 Å². The first-order valence-electron chi connectivity index (χ1n) is 6.08. The Kier molecular flexibility index (Phi) is 4.12. The number of hydrogen-bond acceptors (Lipinski definition) is 4. The second kappa shape index (κ2) is 5.60. The molecular weight excluding hydrogens is 234 g/mol. The van der Waals surface area contributed by atoms with Crippen molar-refractivity contribution in [2.24, 2.45) is 0 Å². The smallest absolute Gasteiger partial charge is 0.240 e. The molecule has 94 valence electrons. The van der Waals surface area contributed by atoms with Gasteiger partial charge in [-0.25, -0.2) is 4.98 Å². The van der Waals surface area contributed by atoms with Crippen molar-refractivity contribution in [3.63, 3.8) is 0 Å². The van der Waals surface area contributed by atoms with E-state index in [2.05, 4.69) is 24.1 Å². The Bertz CT molecular complexity index is 364. The lowest BCUT2D eigenvalue weighted by molar-refractivity contribution is -0.136. The molecule has 0 bridgehead atoms. The van der Waals surface area contributed by atoms with E-state index in [1.165, 1.54) is 0 Å². The third-order valence-corrected chi connectivity index (χ3v) is 3.54. The lowest BCUT2D eigenvalue weighted by atomic mass is 10.0. The van der Waals surface area contributed by atoms with Crippen molar-refractivity contribution in [2.75, 3.05) is 6.54 Å². The van der Waals surface area contributed by atoms with E-state index >= 15 is 0 Å². The molecule has 1 aromatic heterocycles. The zero-order valence-corrected chi connectivity index (χ0v) is 11.2. The Morgan fingerprint density at radius 3 is 3.12 bits per heavy atom. The molecule has 2 rings (SSSR count). The van der Waals surface area contributed by atoms with Gasteiger partial charge in [0.25, 0.3) is 0 Å². The predicted octanol–water partition coefficient (Wildman–Crippen LogP) is 1.63. The van der Waals surface area contributed by atoms with Crippen LogP contribution in [0.1, 0.15) is 32.4 Å². The lowest BCUT2D eigenvalue weighted by Crippen LogP contribution is -2.52. The maximum atomic E-state index is 12.2. The minimum Gasteiger partial charge on any atom is -0.335 e. The molecule has 1 fully saturated rings. The molecule has 1 atom stereocenters. The van der Waals surface area contributed by atoms with Crippen LogP contribution in [0.5, 0.6) is 0 Å². The maximum Gasteiger partial charge on any atom is 0.240 e. The van der Waals surface area contributed by atoms with Gasteiger partial charge in [0.2, 0.25) is 5.91 Å². The van der Waals surface area contributed by atoms with Gasteiger partial charge < -0.3 is 10.2 Å². The monoisotopic (exact) mass is 253 g/mol. The van der Waals surface area contributed by atoms with Crippen LogP contribution in [0.4, 0.5) is 0 Å². The number of thiazole rings is 1. The highest BCUT2D eigenvalue weighted by Crippen LogP contribution is 2.15. The molecule has 1 unspecified atom stereocenters. The van der Waals surface area contributed by atoms with E-state index in [0.29, 0.717) is 12.6 Å². The Balaban J connectivity index is 1.96. The van der Waals surface area contributed by atoms with Crippen LogP contribution in [0.2, 0.25) is 0 Å². The third-order valence-electron chi connectivity index (χ3n) is 2.90. The molecule has 2 heterocycles. The van der Waals surface area contributed by atoms with Crippen LogP contribution in [0.3, 0.4) is 0 Å². The highest BCUT2D eigenvalue weighted by molar-refractivity contribution is 7.07. The molecule has 1 aromatic rings. The molecule has 0 aromatic carbocycles. The molecule has 17 heavy (non-hydrogen) atoms. The maximum absolute atomic E-state index is 12.2. The van der Waals surface area contributed by atoms with E-state index in [1.807, 2.05) is 15.8 Å². The van der Waals surface area contributed by atoms with Crippen LogP contribution >= 0.6 is 11.3 Å². The number of hydrogen-bond donors (Lipinski definition) is 1. The van der Waals surface area contributed by atoms with Gasteiger partial charge in [0.15, 0.2) is 0 Å². The Labute approximate surface area is 106 Å². The molecule has 5 heteroatoms. The Morgan fingerprint density at radius 1 is 1.65 bits per heavy atom. The van der Waals surface area contributed by atoms with Crippen LogP contribution < -0.4 is 5.32 Å². The molecule has 0 radical (unpaired) electrons. The number of amides is 1. The SMILES string of the molecule is CC(C)NC1CCCN(Cc2cscn2)C1=O. The van der Waals surface area contributed by atoms with E-state index in [1.54, 1.807) is 11.3 Å². The van der Waals surface area contributed by atoms with Crippen molar-refractivity contribution in [3.8, 4) is 0 Å². The average Bonchev–Trinajstić information content (AvgIpc) is 2.76. The molecule has 1 aliphatic rings. The van der Waals surface area contributed by atoms with Crippen molar-refractivity contribution in [3.05, 3.63) is 16.6 Å². The second-order valence-electron chi connectivity index (χ2n) is 4.76. The summed E-state index contributed by atoms with van der Waals surface area (Å²) in [5, 5.41) is 5.34. The summed E-state index contributed by atoms with van der Waals surface area (Å²) in [7, 11) is 0. The zero-order chi connectivity index (χ0) is 12.3. The molecule has 0 spiro atoms. The van der Waals surface area contributed by atoms with E-state index in [0.717, 1.165) is 25.1 Å². The molecule has 0 aliphatic carbocycles. The second-order valence-corrected chi connectivity index (χ2v) is 5.47. The van der Waals surface area contributed by atoms with Crippen molar-refractivity contribution >= 4 is 17.2 Å². The first-order valence-corrected chi connectivity index (χ1v) is 7.03. The summed E-state index contributed by atoms with van der Waals surface area (Å²) in [5.41, 5.74) is 2.81. The van der Waals surface area contributed by atoms with Crippen LogP contribution in [0, 0.1) is 0 Å². The number of aromatic nitrogens is 1. The molecule has 1 aliphatic heterocycles. The molecule has 1 saturated heterocycles. The summed E-state index contributed by atoms with van der Waals surface area (Å²) in [6, 6.07) is 0.338. The first kappa shape index (κ1) is 12.5. The number of carbonyl (C=O) groups excluding carboxylic acids is 1. The van der Waals surface area contributed by atoms with E-state index in [-0.39, 0.29) is 11.9 Å². The van der Waals surface area contributed by atoms with Crippen molar-refractivity contribution in [1.29, 1.82) is 0 Å². The first-order chi connectivity index (χ1) is 8.16. The van der Waals surface area contributed by atoms with E-state index in [9.17, 15) is 4.79 Å². The molecular formula is C12H19N3OS. The van der Waals surface area contributed by atoms with Gasteiger partial charge in [-0.2, -0.15) is 0 Å². The number of nitrogens with zero attached hydrogens (tertiary/aromatic N) is 2. The zero-order valence-electron chi connectivity index (χ0n) is 10.3. The molecule has 4 nitrogen and oxygen atoms in total.